The molecular formula is C15H20N4O. The summed E-state index contributed by atoms with van der Waals surface area (Å²) in [6.07, 6.45) is 3.33. The highest BCUT2D eigenvalue weighted by Crippen LogP contribution is 2.10. The third-order valence-electron chi connectivity index (χ3n) is 2.70. The monoisotopic (exact) mass is 272 g/mol. The minimum absolute atomic E-state index is 0.108. The number of hydrogen-bond acceptors (Lipinski definition) is 4. The molecule has 0 bridgehead atoms. The van der Waals surface area contributed by atoms with Crippen LogP contribution in [0.4, 0.5) is 5.82 Å². The normalized spacial score (nSPS) is 11.9. The van der Waals surface area contributed by atoms with Crippen LogP contribution in [0.5, 0.6) is 0 Å². The maximum atomic E-state index is 12.5. The van der Waals surface area contributed by atoms with E-state index in [2.05, 4.69) is 15.3 Å². The van der Waals surface area contributed by atoms with Gasteiger partial charge in [-0.25, -0.2) is 4.98 Å². The fraction of sp³-hybridized carbons (Fsp3) is 0.400. The van der Waals surface area contributed by atoms with Gasteiger partial charge < -0.3 is 5.32 Å². The van der Waals surface area contributed by atoms with Crippen LogP contribution >= 0.6 is 0 Å². The van der Waals surface area contributed by atoms with E-state index in [9.17, 15) is 4.79 Å². The first-order valence-corrected chi connectivity index (χ1v) is 6.80. The highest BCUT2D eigenvalue weighted by molar-refractivity contribution is 5.86. The van der Waals surface area contributed by atoms with Crippen molar-refractivity contribution in [3.63, 3.8) is 0 Å². The Hall–Kier alpha value is -2.17. The summed E-state index contributed by atoms with van der Waals surface area (Å²) in [5.74, 6) is 0.584. The maximum Gasteiger partial charge on any atom is 0.268 e. The van der Waals surface area contributed by atoms with Gasteiger partial charge in [0.25, 0.3) is 5.56 Å². The van der Waals surface area contributed by atoms with Crippen molar-refractivity contribution in [1.82, 2.24) is 9.38 Å². The van der Waals surface area contributed by atoms with Crippen LogP contribution in [0, 0.1) is 0 Å². The molecule has 0 aromatic carbocycles. The van der Waals surface area contributed by atoms with Crippen LogP contribution in [0.3, 0.4) is 0 Å². The number of anilines is 1. The topological polar surface area (TPSA) is 58.8 Å². The molecule has 0 spiro atoms. The third-order valence-corrected chi connectivity index (χ3v) is 2.70. The third kappa shape index (κ3) is 3.04. The van der Waals surface area contributed by atoms with E-state index in [0.717, 1.165) is 0 Å². The Morgan fingerprint density at radius 1 is 1.30 bits per heavy atom. The standard InChI is InChI=1S/C15H20N4O/c1-10(2)16-9-12-14(17-11(3)4)18-13-7-5-6-8-19(13)15(12)20/h5-11,17H,1-4H3. The van der Waals surface area contributed by atoms with Crippen LogP contribution in [-0.4, -0.2) is 27.7 Å². The van der Waals surface area contributed by atoms with E-state index < -0.39 is 0 Å². The molecule has 0 radical (unpaired) electrons. The second-order valence-corrected chi connectivity index (χ2v) is 5.28. The summed E-state index contributed by atoms with van der Waals surface area (Å²) < 4.78 is 1.53. The Bertz CT molecular complexity index is 686. The van der Waals surface area contributed by atoms with Gasteiger partial charge in [0.15, 0.2) is 0 Å². The van der Waals surface area contributed by atoms with Crippen LogP contribution < -0.4 is 10.9 Å². The number of aliphatic imine (C=N–C) groups is 1. The van der Waals surface area contributed by atoms with Crippen molar-refractivity contribution in [2.45, 2.75) is 39.8 Å². The van der Waals surface area contributed by atoms with Crippen molar-refractivity contribution in [3.05, 3.63) is 40.3 Å². The molecule has 0 amide bonds. The lowest BCUT2D eigenvalue weighted by Gasteiger charge is -2.12. The minimum atomic E-state index is -0.108. The minimum Gasteiger partial charge on any atom is -0.367 e. The van der Waals surface area contributed by atoms with Crippen LogP contribution in [0.15, 0.2) is 34.2 Å². The summed E-state index contributed by atoms with van der Waals surface area (Å²) in [5.41, 5.74) is 1.02. The summed E-state index contributed by atoms with van der Waals surface area (Å²) in [4.78, 5) is 21.4. The first-order valence-electron chi connectivity index (χ1n) is 6.80. The van der Waals surface area contributed by atoms with Crippen molar-refractivity contribution in [2.75, 3.05) is 5.32 Å². The number of aromatic nitrogens is 2. The smallest absolute Gasteiger partial charge is 0.268 e. The van der Waals surface area contributed by atoms with E-state index in [1.807, 2.05) is 45.9 Å². The maximum absolute atomic E-state index is 12.5. The Labute approximate surface area is 118 Å². The first-order chi connectivity index (χ1) is 9.49. The highest BCUT2D eigenvalue weighted by atomic mass is 16.1. The van der Waals surface area contributed by atoms with Gasteiger partial charge >= 0.3 is 0 Å². The number of fused-ring (bicyclic) bond motifs is 1. The lowest BCUT2D eigenvalue weighted by Crippen LogP contribution is -2.24. The van der Waals surface area contributed by atoms with Crippen molar-refractivity contribution < 1.29 is 0 Å². The summed E-state index contributed by atoms with van der Waals surface area (Å²) in [5, 5.41) is 3.21. The van der Waals surface area contributed by atoms with E-state index in [1.54, 1.807) is 12.4 Å². The SMILES string of the molecule is CC(C)N=Cc1c(NC(C)C)nc2ccccn2c1=O. The van der Waals surface area contributed by atoms with Gasteiger partial charge in [-0.15, -0.1) is 0 Å². The van der Waals surface area contributed by atoms with Crippen LogP contribution in [0.25, 0.3) is 5.65 Å². The summed E-state index contributed by atoms with van der Waals surface area (Å²) in [6, 6.07) is 5.82. The van der Waals surface area contributed by atoms with E-state index >= 15 is 0 Å². The molecule has 106 valence electrons. The molecule has 2 aromatic heterocycles. The predicted molar refractivity (Wildman–Crippen MR) is 83.0 cm³/mol. The fourth-order valence-corrected chi connectivity index (χ4v) is 1.83. The van der Waals surface area contributed by atoms with Gasteiger partial charge in [-0.3, -0.25) is 14.2 Å². The molecule has 0 saturated carbocycles. The zero-order valence-corrected chi connectivity index (χ0v) is 12.3. The van der Waals surface area contributed by atoms with Gasteiger partial charge in [-0.05, 0) is 39.8 Å². The lowest BCUT2D eigenvalue weighted by molar-refractivity contribution is 0.839. The van der Waals surface area contributed by atoms with E-state index in [-0.39, 0.29) is 17.6 Å². The second-order valence-electron chi connectivity index (χ2n) is 5.28. The van der Waals surface area contributed by atoms with Crippen LogP contribution in [-0.2, 0) is 0 Å². The molecule has 0 atom stereocenters. The summed E-state index contributed by atoms with van der Waals surface area (Å²) >= 11 is 0. The Kier molecular flexibility index (Phi) is 4.17. The molecule has 2 heterocycles. The Balaban J connectivity index is 2.66. The fourth-order valence-electron chi connectivity index (χ4n) is 1.83. The van der Waals surface area contributed by atoms with Crippen molar-refractivity contribution in [1.29, 1.82) is 0 Å². The quantitative estimate of drug-likeness (QED) is 0.869. The van der Waals surface area contributed by atoms with Gasteiger partial charge in [0.2, 0.25) is 0 Å². The molecule has 5 heteroatoms. The molecule has 2 rings (SSSR count). The number of nitrogens with zero attached hydrogens (tertiary/aromatic N) is 3. The molecular weight excluding hydrogens is 252 g/mol. The lowest BCUT2D eigenvalue weighted by atomic mass is 10.2. The van der Waals surface area contributed by atoms with Gasteiger partial charge in [0, 0.05) is 24.5 Å². The molecule has 20 heavy (non-hydrogen) atoms. The molecule has 1 N–H and O–H groups in total. The largest absolute Gasteiger partial charge is 0.367 e. The van der Waals surface area contributed by atoms with Gasteiger partial charge in [0.1, 0.15) is 17.0 Å². The Morgan fingerprint density at radius 2 is 2.05 bits per heavy atom. The van der Waals surface area contributed by atoms with Gasteiger partial charge in [-0.1, -0.05) is 6.07 Å². The average molecular weight is 272 g/mol. The van der Waals surface area contributed by atoms with Crippen LogP contribution in [0.1, 0.15) is 33.3 Å². The molecule has 0 aliphatic rings. The van der Waals surface area contributed by atoms with Gasteiger partial charge in [0.05, 0.1) is 0 Å². The summed E-state index contributed by atoms with van der Waals surface area (Å²) in [6.45, 7) is 7.96. The molecule has 0 unspecified atom stereocenters. The van der Waals surface area contributed by atoms with Crippen molar-refractivity contribution in [3.8, 4) is 0 Å². The molecule has 5 nitrogen and oxygen atoms in total. The summed E-state index contributed by atoms with van der Waals surface area (Å²) in [7, 11) is 0. The number of pyridine rings is 1. The Morgan fingerprint density at radius 3 is 2.70 bits per heavy atom. The highest BCUT2D eigenvalue weighted by Gasteiger charge is 2.11. The van der Waals surface area contributed by atoms with E-state index in [0.29, 0.717) is 17.0 Å². The average Bonchev–Trinajstić information content (AvgIpc) is 2.37. The van der Waals surface area contributed by atoms with E-state index in [1.165, 1.54) is 4.40 Å². The second kappa shape index (κ2) is 5.86. The van der Waals surface area contributed by atoms with Crippen molar-refractivity contribution >= 4 is 17.7 Å². The molecule has 0 aliphatic heterocycles. The predicted octanol–water partition coefficient (Wildman–Crippen LogP) is 2.34. The molecule has 2 aromatic rings. The zero-order valence-electron chi connectivity index (χ0n) is 12.3. The van der Waals surface area contributed by atoms with Crippen LogP contribution in [0.2, 0.25) is 0 Å². The number of nitrogens with one attached hydrogen (secondary N) is 1. The van der Waals surface area contributed by atoms with E-state index in [4.69, 9.17) is 0 Å². The molecule has 0 aliphatic carbocycles. The molecule has 0 saturated heterocycles. The number of rotatable bonds is 4. The number of hydrogen-bond donors (Lipinski definition) is 1. The molecule has 0 fully saturated rings. The van der Waals surface area contributed by atoms with Crippen molar-refractivity contribution in [2.24, 2.45) is 4.99 Å². The first kappa shape index (κ1) is 14.2. The van der Waals surface area contributed by atoms with Gasteiger partial charge in [-0.2, -0.15) is 0 Å². The zero-order chi connectivity index (χ0) is 14.7.